The van der Waals surface area contributed by atoms with Crippen LogP contribution in [0.3, 0.4) is 0 Å². The maximum Gasteiger partial charge on any atom is 0.327 e. The monoisotopic (exact) mass is 288 g/mol. The molecule has 1 rings (SSSR count). The second-order valence-electron chi connectivity index (χ2n) is 3.46. The molecule has 0 saturated carbocycles. The molecule has 0 aliphatic rings. The van der Waals surface area contributed by atoms with Crippen LogP contribution in [0.2, 0.25) is 0 Å². The van der Waals surface area contributed by atoms with Crippen molar-refractivity contribution in [3.05, 3.63) is 0 Å². The average Bonchev–Trinajstić information content (AvgIpc) is 2.83. The minimum Gasteiger partial charge on any atom is -0.468 e. The summed E-state index contributed by atoms with van der Waals surface area (Å²) < 4.78 is 10.8. The molecule has 0 bridgehead atoms. The highest BCUT2D eigenvalue weighted by Crippen LogP contribution is 2.23. The number of tetrazole rings is 1. The van der Waals surface area contributed by atoms with Crippen LogP contribution in [0, 0.1) is 0 Å². The molecule has 0 saturated heterocycles. The first-order chi connectivity index (χ1) is 9.12. The summed E-state index contributed by atoms with van der Waals surface area (Å²) in [5, 5.41) is 10.9. The van der Waals surface area contributed by atoms with Crippen molar-refractivity contribution in [2.24, 2.45) is 0 Å². The molecular weight excluding hydrogens is 272 g/mol. The fourth-order valence-electron chi connectivity index (χ4n) is 1.23. The van der Waals surface area contributed by atoms with Crippen molar-refractivity contribution < 1.29 is 19.1 Å². The number of nitrogens with zero attached hydrogens (tertiary/aromatic N) is 4. The minimum atomic E-state index is -0.460. The first kappa shape index (κ1) is 15.4. The average molecular weight is 288 g/mol. The summed E-state index contributed by atoms with van der Waals surface area (Å²) in [5.41, 5.74) is 0. The van der Waals surface area contributed by atoms with Crippen LogP contribution in [0.4, 0.5) is 0 Å². The van der Waals surface area contributed by atoms with Crippen LogP contribution in [-0.2, 0) is 25.6 Å². The van der Waals surface area contributed by atoms with Crippen molar-refractivity contribution in [1.82, 2.24) is 20.2 Å². The fourth-order valence-corrected chi connectivity index (χ4v) is 2.12. The number of hydrogen-bond acceptors (Lipinski definition) is 8. The minimum absolute atomic E-state index is 0.0922. The van der Waals surface area contributed by atoms with Gasteiger partial charge in [-0.1, -0.05) is 18.7 Å². The zero-order chi connectivity index (χ0) is 14.3. The van der Waals surface area contributed by atoms with Gasteiger partial charge in [0.05, 0.1) is 13.7 Å². The van der Waals surface area contributed by atoms with Crippen molar-refractivity contribution in [2.45, 2.75) is 37.2 Å². The normalized spacial score (nSPS) is 11.9. The highest BCUT2D eigenvalue weighted by atomic mass is 32.2. The highest BCUT2D eigenvalue weighted by molar-refractivity contribution is 8.00. The Morgan fingerprint density at radius 1 is 1.42 bits per heavy atom. The Balaban J connectivity index is 2.72. The summed E-state index contributed by atoms with van der Waals surface area (Å²) in [6, 6.07) is 0. The molecule has 19 heavy (non-hydrogen) atoms. The van der Waals surface area contributed by atoms with E-state index in [2.05, 4.69) is 20.3 Å². The van der Waals surface area contributed by atoms with Crippen molar-refractivity contribution >= 4 is 23.7 Å². The van der Waals surface area contributed by atoms with Gasteiger partial charge in [-0.3, -0.25) is 9.59 Å². The Kier molecular flexibility index (Phi) is 6.26. The van der Waals surface area contributed by atoms with Crippen LogP contribution in [0.1, 0.15) is 20.3 Å². The predicted molar refractivity (Wildman–Crippen MR) is 66.4 cm³/mol. The number of aromatic nitrogens is 4. The Labute approximate surface area is 114 Å². The molecule has 1 aromatic rings. The van der Waals surface area contributed by atoms with Gasteiger partial charge in [0.1, 0.15) is 11.8 Å². The van der Waals surface area contributed by atoms with E-state index >= 15 is 0 Å². The predicted octanol–water partition coefficient (Wildman–Crippen LogP) is 0.280. The summed E-state index contributed by atoms with van der Waals surface area (Å²) >= 11 is 1.17. The summed E-state index contributed by atoms with van der Waals surface area (Å²) in [5.74, 6) is -0.777. The number of ether oxygens (including phenoxy) is 2. The molecule has 8 nitrogen and oxygen atoms in total. The van der Waals surface area contributed by atoms with Gasteiger partial charge in [0, 0.05) is 0 Å². The van der Waals surface area contributed by atoms with E-state index in [1.54, 1.807) is 6.92 Å². The van der Waals surface area contributed by atoms with Gasteiger partial charge in [-0.25, -0.2) is 4.68 Å². The summed E-state index contributed by atoms with van der Waals surface area (Å²) in [6.07, 6.45) is 0.578. The molecule has 1 atom stereocenters. The van der Waals surface area contributed by atoms with Crippen molar-refractivity contribution in [2.75, 3.05) is 13.7 Å². The SMILES string of the molecule is CCOC(=O)C(CC)Sc1nnnn1CC(=O)OC. The van der Waals surface area contributed by atoms with Crippen LogP contribution >= 0.6 is 11.8 Å². The van der Waals surface area contributed by atoms with E-state index in [9.17, 15) is 9.59 Å². The third-order valence-corrected chi connectivity index (χ3v) is 3.49. The lowest BCUT2D eigenvalue weighted by atomic mass is 10.3. The molecule has 106 valence electrons. The zero-order valence-corrected chi connectivity index (χ0v) is 11.8. The van der Waals surface area contributed by atoms with Gasteiger partial charge >= 0.3 is 11.9 Å². The van der Waals surface area contributed by atoms with Gasteiger partial charge in [0.25, 0.3) is 0 Å². The third-order valence-electron chi connectivity index (χ3n) is 2.17. The summed E-state index contributed by atoms with van der Waals surface area (Å²) in [6.45, 7) is 3.84. The molecule has 0 aromatic carbocycles. The van der Waals surface area contributed by atoms with E-state index in [-0.39, 0.29) is 12.5 Å². The Morgan fingerprint density at radius 3 is 2.74 bits per heavy atom. The van der Waals surface area contributed by atoms with E-state index in [0.29, 0.717) is 18.2 Å². The molecule has 1 unspecified atom stereocenters. The summed E-state index contributed by atoms with van der Waals surface area (Å²) in [7, 11) is 1.28. The van der Waals surface area contributed by atoms with E-state index in [1.165, 1.54) is 23.6 Å². The lowest BCUT2D eigenvalue weighted by Crippen LogP contribution is -2.21. The van der Waals surface area contributed by atoms with Crippen molar-refractivity contribution in [3.8, 4) is 0 Å². The molecule has 0 spiro atoms. The van der Waals surface area contributed by atoms with Gasteiger partial charge < -0.3 is 9.47 Å². The van der Waals surface area contributed by atoms with Gasteiger partial charge in [-0.15, -0.1) is 5.10 Å². The first-order valence-corrected chi connectivity index (χ1v) is 6.66. The molecule has 9 heteroatoms. The smallest absolute Gasteiger partial charge is 0.327 e. The van der Waals surface area contributed by atoms with Crippen LogP contribution in [0.5, 0.6) is 0 Å². The zero-order valence-electron chi connectivity index (χ0n) is 11.0. The number of carbonyl (C=O) groups excluding carboxylic acids is 2. The maximum atomic E-state index is 11.7. The van der Waals surface area contributed by atoms with E-state index in [1.807, 2.05) is 6.92 Å². The van der Waals surface area contributed by atoms with Crippen molar-refractivity contribution in [3.63, 3.8) is 0 Å². The third kappa shape index (κ3) is 4.51. The highest BCUT2D eigenvalue weighted by Gasteiger charge is 2.23. The lowest BCUT2D eigenvalue weighted by molar-refractivity contribution is -0.142. The molecule has 0 fully saturated rings. The van der Waals surface area contributed by atoms with Crippen LogP contribution < -0.4 is 0 Å². The van der Waals surface area contributed by atoms with Crippen molar-refractivity contribution in [1.29, 1.82) is 0 Å². The quantitative estimate of drug-likeness (QED) is 0.521. The van der Waals surface area contributed by atoms with E-state index in [0.717, 1.165) is 0 Å². The number of thioether (sulfide) groups is 1. The molecule has 0 N–H and O–H groups in total. The van der Waals surface area contributed by atoms with Crippen LogP contribution in [0.25, 0.3) is 0 Å². The number of rotatable bonds is 7. The Morgan fingerprint density at radius 2 is 2.16 bits per heavy atom. The molecule has 0 aliphatic carbocycles. The number of methoxy groups -OCH3 is 1. The first-order valence-electron chi connectivity index (χ1n) is 5.78. The number of carbonyl (C=O) groups is 2. The standard InChI is InChI=1S/C10H16N4O4S/c1-4-7(9(16)18-5-2)19-10-11-12-13-14(10)6-8(15)17-3/h7H,4-6H2,1-3H3. The molecule has 1 aromatic heterocycles. The fraction of sp³-hybridized carbons (Fsp3) is 0.700. The Hall–Kier alpha value is -1.64. The second-order valence-corrected chi connectivity index (χ2v) is 4.63. The topological polar surface area (TPSA) is 96.2 Å². The lowest BCUT2D eigenvalue weighted by Gasteiger charge is -2.12. The van der Waals surface area contributed by atoms with E-state index < -0.39 is 11.2 Å². The summed E-state index contributed by atoms with van der Waals surface area (Å²) in [4.78, 5) is 22.9. The van der Waals surface area contributed by atoms with Gasteiger partial charge in [0.2, 0.25) is 5.16 Å². The Bertz CT molecular complexity index is 437. The molecular formula is C10H16N4O4S. The number of esters is 2. The molecule has 0 radical (unpaired) electrons. The molecule has 0 aliphatic heterocycles. The van der Waals surface area contributed by atoms with E-state index in [4.69, 9.17) is 4.74 Å². The van der Waals surface area contributed by atoms with Crippen LogP contribution in [0.15, 0.2) is 5.16 Å². The number of hydrogen-bond donors (Lipinski definition) is 0. The maximum absolute atomic E-state index is 11.7. The van der Waals surface area contributed by atoms with Gasteiger partial charge in [0.15, 0.2) is 0 Å². The molecule has 1 heterocycles. The van der Waals surface area contributed by atoms with Gasteiger partial charge in [-0.2, -0.15) is 0 Å². The largest absolute Gasteiger partial charge is 0.468 e. The van der Waals surface area contributed by atoms with Gasteiger partial charge in [-0.05, 0) is 23.8 Å². The van der Waals surface area contributed by atoms with Crippen LogP contribution in [-0.4, -0.2) is 51.1 Å². The molecule has 0 amide bonds. The second kappa shape index (κ2) is 7.72.